The van der Waals surface area contributed by atoms with E-state index in [1.807, 2.05) is 0 Å². The SMILES string of the molecule is CCCCCCCCCCc1cc(C)ccc1-c1cc(CCCCCCCCCC)c(-c2ccc(-c3sc(-c4sc(C)cc4CCCCCCCCCC)cc3CCCCCCCCCC)s2)s1. The highest BCUT2D eigenvalue weighted by molar-refractivity contribution is 7.29. The molecule has 4 aromatic heterocycles. The summed E-state index contributed by atoms with van der Waals surface area (Å²) in [5.41, 5.74) is 9.26. The molecule has 0 N–H and O–H groups in total. The molecule has 1 aromatic carbocycles. The van der Waals surface area contributed by atoms with Gasteiger partial charge in [-0.05, 0) is 123 Å². The minimum Gasteiger partial charge on any atom is -0.139 e. The van der Waals surface area contributed by atoms with E-state index >= 15 is 0 Å². The van der Waals surface area contributed by atoms with Gasteiger partial charge in [-0.25, -0.2) is 0 Å². The van der Waals surface area contributed by atoms with Crippen LogP contribution in [0.15, 0.2) is 48.5 Å². The van der Waals surface area contributed by atoms with Crippen molar-refractivity contribution < 1.29 is 0 Å². The molecule has 0 bridgehead atoms. The van der Waals surface area contributed by atoms with Crippen molar-refractivity contribution in [2.75, 3.05) is 0 Å². The van der Waals surface area contributed by atoms with E-state index in [9.17, 15) is 0 Å². The molecule has 0 radical (unpaired) electrons. The number of unbranched alkanes of at least 4 members (excludes halogenated alkanes) is 28. The van der Waals surface area contributed by atoms with Crippen molar-refractivity contribution in [3.63, 3.8) is 0 Å². The summed E-state index contributed by atoms with van der Waals surface area (Å²) in [4.78, 5) is 12.1. The molecule has 0 spiro atoms. The Kier molecular flexibility index (Phi) is 28.8. The lowest BCUT2D eigenvalue weighted by atomic mass is 9.96. The molecule has 68 heavy (non-hydrogen) atoms. The van der Waals surface area contributed by atoms with Crippen LogP contribution in [0, 0.1) is 13.8 Å². The van der Waals surface area contributed by atoms with Gasteiger partial charge in [-0.3, -0.25) is 0 Å². The van der Waals surface area contributed by atoms with Crippen molar-refractivity contribution in [2.24, 2.45) is 0 Å². The van der Waals surface area contributed by atoms with E-state index in [1.54, 1.807) is 36.9 Å². The molecule has 5 rings (SSSR count). The topological polar surface area (TPSA) is 0 Å². The maximum absolute atomic E-state index is 2.64. The van der Waals surface area contributed by atoms with E-state index in [2.05, 4.69) is 135 Å². The number of thiophene rings is 4. The van der Waals surface area contributed by atoms with Gasteiger partial charge < -0.3 is 0 Å². The second kappa shape index (κ2) is 34.4. The summed E-state index contributed by atoms with van der Waals surface area (Å²) in [7, 11) is 0. The standard InChI is InChI=1S/C64H98S4/c1-7-11-15-19-23-27-31-35-39-53-47-51(5)43-44-57(53)60-49-55(41-37-33-29-25-21-17-13-9-3)62(67-60)58-45-46-59(66-58)63-56(42-38-34-30-26-22-18-14-10-4)50-61(68-63)64-54(48-52(6)65-64)40-36-32-28-24-20-16-12-8-2/h43-50H,7-42H2,1-6H3. The first kappa shape index (κ1) is 56.9. The number of rotatable bonds is 40. The minimum absolute atomic E-state index is 1.19. The molecular formula is C64H98S4. The lowest BCUT2D eigenvalue weighted by molar-refractivity contribution is 0.575. The van der Waals surface area contributed by atoms with Crippen LogP contribution in [0.25, 0.3) is 39.7 Å². The van der Waals surface area contributed by atoms with Crippen molar-refractivity contribution in [2.45, 2.75) is 273 Å². The quantitative estimate of drug-likeness (QED) is 0.0343. The van der Waals surface area contributed by atoms with Crippen LogP contribution in [0.3, 0.4) is 0 Å². The highest BCUT2D eigenvalue weighted by atomic mass is 32.1. The van der Waals surface area contributed by atoms with Crippen LogP contribution >= 0.6 is 45.3 Å². The maximum Gasteiger partial charge on any atom is 0.0481 e. The van der Waals surface area contributed by atoms with Gasteiger partial charge in [0.2, 0.25) is 0 Å². The predicted octanol–water partition coefficient (Wildman–Crippen LogP) is 24.0. The van der Waals surface area contributed by atoms with Crippen LogP contribution < -0.4 is 0 Å². The van der Waals surface area contributed by atoms with Crippen LogP contribution in [0.1, 0.15) is 266 Å². The van der Waals surface area contributed by atoms with E-state index in [4.69, 9.17) is 0 Å². The van der Waals surface area contributed by atoms with Crippen molar-refractivity contribution in [1.82, 2.24) is 0 Å². The predicted molar refractivity (Wildman–Crippen MR) is 314 cm³/mol. The largest absolute Gasteiger partial charge is 0.139 e. The second-order valence-electron chi connectivity index (χ2n) is 20.9. The van der Waals surface area contributed by atoms with Gasteiger partial charge in [0.1, 0.15) is 0 Å². The fourth-order valence-corrected chi connectivity index (χ4v) is 15.4. The first-order chi connectivity index (χ1) is 33.4. The third-order valence-electron chi connectivity index (χ3n) is 14.6. The van der Waals surface area contributed by atoms with Crippen molar-refractivity contribution in [1.29, 1.82) is 0 Å². The molecule has 0 saturated heterocycles. The summed E-state index contributed by atoms with van der Waals surface area (Å²) in [6.45, 7) is 13.9. The highest BCUT2D eigenvalue weighted by Gasteiger charge is 2.21. The lowest BCUT2D eigenvalue weighted by Crippen LogP contribution is -1.92. The Morgan fingerprint density at radius 1 is 0.279 bits per heavy atom. The van der Waals surface area contributed by atoms with E-state index in [0.717, 1.165) is 0 Å². The van der Waals surface area contributed by atoms with Gasteiger partial charge >= 0.3 is 0 Å². The summed E-state index contributed by atoms with van der Waals surface area (Å²) in [5.74, 6) is 0. The molecule has 0 aliphatic carbocycles. The number of aryl methyl sites for hydroxylation is 6. The van der Waals surface area contributed by atoms with Crippen molar-refractivity contribution in [3.8, 4) is 39.7 Å². The minimum atomic E-state index is 1.19. The van der Waals surface area contributed by atoms with E-state index in [1.165, 1.54) is 267 Å². The Balaban J connectivity index is 1.38. The van der Waals surface area contributed by atoms with Gasteiger partial charge in [0.25, 0.3) is 0 Å². The van der Waals surface area contributed by atoms with Crippen LogP contribution in [0.5, 0.6) is 0 Å². The molecule has 0 saturated carbocycles. The van der Waals surface area contributed by atoms with Crippen LogP contribution in [-0.4, -0.2) is 0 Å². The lowest BCUT2D eigenvalue weighted by Gasteiger charge is -2.10. The molecule has 0 unspecified atom stereocenters. The molecule has 5 aromatic rings. The van der Waals surface area contributed by atoms with Crippen LogP contribution in [-0.2, 0) is 25.7 Å². The van der Waals surface area contributed by atoms with Gasteiger partial charge in [-0.2, -0.15) is 0 Å². The summed E-state index contributed by atoms with van der Waals surface area (Å²) in [6.07, 6.45) is 48.9. The van der Waals surface area contributed by atoms with Crippen LogP contribution in [0.2, 0.25) is 0 Å². The molecule has 0 fully saturated rings. The normalized spacial score (nSPS) is 11.7. The molecule has 4 heteroatoms. The van der Waals surface area contributed by atoms with Crippen LogP contribution in [0.4, 0.5) is 0 Å². The zero-order valence-electron chi connectivity index (χ0n) is 44.7. The number of hydrogen-bond donors (Lipinski definition) is 0. The fourth-order valence-electron chi connectivity index (χ4n) is 10.4. The molecular weight excluding hydrogens is 897 g/mol. The Labute approximate surface area is 436 Å². The zero-order valence-corrected chi connectivity index (χ0v) is 48.0. The highest BCUT2D eigenvalue weighted by Crippen LogP contribution is 2.49. The Hall–Kier alpha value is -1.98. The van der Waals surface area contributed by atoms with E-state index < -0.39 is 0 Å². The van der Waals surface area contributed by atoms with Crippen molar-refractivity contribution >= 4 is 45.3 Å². The third kappa shape index (κ3) is 20.3. The molecule has 0 atom stereocenters. The average Bonchev–Trinajstić information content (AvgIpc) is 4.16. The van der Waals surface area contributed by atoms with E-state index in [-0.39, 0.29) is 0 Å². The maximum atomic E-state index is 2.64. The molecule has 0 nitrogen and oxygen atoms in total. The molecule has 4 heterocycles. The first-order valence-corrected chi connectivity index (χ1v) is 32.3. The fraction of sp³-hybridized carbons (Fsp3) is 0.656. The summed E-state index contributed by atoms with van der Waals surface area (Å²) in [5, 5.41) is 0. The number of hydrogen-bond acceptors (Lipinski definition) is 4. The molecule has 0 amide bonds. The zero-order chi connectivity index (χ0) is 48.0. The van der Waals surface area contributed by atoms with Crippen molar-refractivity contribution in [3.05, 3.63) is 81.2 Å². The summed E-state index contributed by atoms with van der Waals surface area (Å²) < 4.78 is 0. The molecule has 0 aliphatic heterocycles. The average molecular weight is 996 g/mol. The first-order valence-electron chi connectivity index (χ1n) is 29.0. The Bertz CT molecular complexity index is 2050. The Morgan fingerprint density at radius 2 is 0.618 bits per heavy atom. The number of benzene rings is 1. The van der Waals surface area contributed by atoms with E-state index in [0.29, 0.717) is 0 Å². The molecule has 0 aliphatic rings. The molecule has 378 valence electrons. The van der Waals surface area contributed by atoms with Gasteiger partial charge in [0, 0.05) is 39.0 Å². The smallest absolute Gasteiger partial charge is 0.0481 e. The van der Waals surface area contributed by atoms with Gasteiger partial charge in [0.05, 0.1) is 0 Å². The van der Waals surface area contributed by atoms with Gasteiger partial charge in [-0.15, -0.1) is 45.3 Å². The Morgan fingerprint density at radius 3 is 1.04 bits per heavy atom. The summed E-state index contributed by atoms with van der Waals surface area (Å²) >= 11 is 8.34. The second-order valence-corrected chi connectivity index (χ2v) is 25.3. The third-order valence-corrected chi connectivity index (χ3v) is 19.7. The summed E-state index contributed by atoms with van der Waals surface area (Å²) in [6, 6.07) is 20.2. The monoisotopic (exact) mass is 995 g/mol. The van der Waals surface area contributed by atoms with Gasteiger partial charge in [-0.1, -0.05) is 231 Å². The van der Waals surface area contributed by atoms with Gasteiger partial charge in [0.15, 0.2) is 0 Å².